The quantitative estimate of drug-likeness (QED) is 0.455. The second-order valence-corrected chi connectivity index (χ2v) is 6.80. The topological polar surface area (TPSA) is 83.6 Å². The highest BCUT2D eigenvalue weighted by Gasteiger charge is 2.14. The maximum absolute atomic E-state index is 13.2. The third kappa shape index (κ3) is 3.42. The highest BCUT2D eigenvalue weighted by molar-refractivity contribution is 6.13. The van der Waals surface area contributed by atoms with E-state index in [0.717, 1.165) is 27.7 Å². The molecule has 0 saturated carbocycles. The van der Waals surface area contributed by atoms with Crippen molar-refractivity contribution in [2.75, 3.05) is 5.32 Å². The van der Waals surface area contributed by atoms with Crippen LogP contribution in [0.2, 0.25) is 0 Å². The lowest BCUT2D eigenvalue weighted by atomic mass is 10.0. The lowest BCUT2D eigenvalue weighted by Gasteiger charge is -2.11. The molecule has 0 aliphatic rings. The third-order valence-electron chi connectivity index (χ3n) is 4.86. The van der Waals surface area contributed by atoms with E-state index in [1.54, 1.807) is 0 Å². The fraction of sp³-hybridized carbons (Fsp3) is 0. The van der Waals surface area contributed by atoms with E-state index in [4.69, 9.17) is 4.98 Å². The molecule has 30 heavy (non-hydrogen) atoms. The molecule has 0 aliphatic carbocycles. The number of nitrogens with zero attached hydrogens (tertiary/aromatic N) is 3. The van der Waals surface area contributed by atoms with Crippen LogP contribution in [0.15, 0.2) is 91.3 Å². The summed E-state index contributed by atoms with van der Waals surface area (Å²) in [6.07, 6.45) is 1.46. The molecule has 5 aromatic rings. The van der Waals surface area contributed by atoms with Crippen LogP contribution < -0.4 is 5.32 Å². The summed E-state index contributed by atoms with van der Waals surface area (Å²) in [5.74, 6) is 0.499. The highest BCUT2D eigenvalue weighted by Crippen LogP contribution is 2.26. The van der Waals surface area contributed by atoms with Gasteiger partial charge in [-0.1, -0.05) is 48.5 Å². The van der Waals surface area contributed by atoms with Crippen LogP contribution in [0.4, 0.5) is 5.69 Å². The molecule has 0 fully saturated rings. The smallest absolute Gasteiger partial charge is 0.256 e. The molecule has 0 unspecified atom stereocenters. The number of pyridine rings is 1. The predicted octanol–water partition coefficient (Wildman–Crippen LogP) is 4.94. The molecule has 0 bridgehead atoms. The molecule has 5 rings (SSSR count). The molecule has 144 valence electrons. The van der Waals surface area contributed by atoms with E-state index in [0.29, 0.717) is 17.1 Å². The first-order chi connectivity index (χ1) is 14.8. The van der Waals surface area contributed by atoms with Crippen LogP contribution in [0.3, 0.4) is 0 Å². The van der Waals surface area contributed by atoms with Gasteiger partial charge in [0.05, 0.1) is 16.8 Å². The maximum atomic E-state index is 13.2. The molecule has 6 heteroatoms. The van der Waals surface area contributed by atoms with Crippen LogP contribution in [0.25, 0.3) is 33.5 Å². The minimum atomic E-state index is -0.182. The Kier molecular flexibility index (Phi) is 4.50. The number of amides is 1. The zero-order valence-corrected chi connectivity index (χ0v) is 15.9. The van der Waals surface area contributed by atoms with Crippen molar-refractivity contribution in [2.24, 2.45) is 0 Å². The van der Waals surface area contributed by atoms with E-state index in [1.165, 1.54) is 6.33 Å². The number of hydrogen-bond donors (Lipinski definition) is 2. The summed E-state index contributed by atoms with van der Waals surface area (Å²) < 4.78 is 0. The largest absolute Gasteiger partial charge is 0.322 e. The molecule has 0 atom stereocenters. The van der Waals surface area contributed by atoms with Crippen molar-refractivity contribution in [3.8, 4) is 22.6 Å². The molecule has 0 aliphatic heterocycles. The molecule has 0 radical (unpaired) electrons. The van der Waals surface area contributed by atoms with Crippen LogP contribution in [-0.2, 0) is 0 Å². The van der Waals surface area contributed by atoms with Crippen molar-refractivity contribution in [3.63, 3.8) is 0 Å². The number of fused-ring (bicyclic) bond motifs is 1. The number of carbonyl (C=O) groups is 1. The van der Waals surface area contributed by atoms with Gasteiger partial charge in [0.25, 0.3) is 5.91 Å². The van der Waals surface area contributed by atoms with Gasteiger partial charge in [-0.15, -0.1) is 0 Å². The molecule has 2 N–H and O–H groups in total. The minimum Gasteiger partial charge on any atom is -0.322 e. The second-order valence-electron chi connectivity index (χ2n) is 6.80. The van der Waals surface area contributed by atoms with Gasteiger partial charge >= 0.3 is 0 Å². The van der Waals surface area contributed by atoms with Gasteiger partial charge in [0.1, 0.15) is 6.33 Å². The SMILES string of the molecule is O=C(Nc1ccc(-c2ncn[nH]2)cc1)c1cc(-c2ccccc2)nc2ccccc12. The molecular formula is C24H17N5O. The molecule has 2 aromatic heterocycles. The van der Waals surface area contributed by atoms with Crippen LogP contribution >= 0.6 is 0 Å². The molecular weight excluding hydrogens is 374 g/mol. The average Bonchev–Trinajstić information content (AvgIpc) is 3.34. The van der Waals surface area contributed by atoms with Gasteiger partial charge in [-0.2, -0.15) is 5.10 Å². The van der Waals surface area contributed by atoms with E-state index in [1.807, 2.05) is 84.9 Å². The standard InChI is InChI=1S/C24H17N5O/c30-24(27-18-12-10-17(11-13-18)23-25-15-26-29-23)20-14-22(16-6-2-1-3-7-16)28-21-9-5-4-8-19(20)21/h1-15H,(H,27,30)(H,25,26,29). The Morgan fingerprint density at radius 2 is 1.60 bits per heavy atom. The number of para-hydroxylation sites is 1. The predicted molar refractivity (Wildman–Crippen MR) is 117 cm³/mol. The highest BCUT2D eigenvalue weighted by atomic mass is 16.1. The van der Waals surface area contributed by atoms with E-state index < -0.39 is 0 Å². The van der Waals surface area contributed by atoms with Gasteiger partial charge in [-0.25, -0.2) is 9.97 Å². The molecule has 0 saturated heterocycles. The number of benzene rings is 3. The van der Waals surface area contributed by atoms with Crippen LogP contribution in [0.1, 0.15) is 10.4 Å². The minimum absolute atomic E-state index is 0.182. The average molecular weight is 391 g/mol. The van der Waals surface area contributed by atoms with Crippen molar-refractivity contribution < 1.29 is 4.79 Å². The van der Waals surface area contributed by atoms with Gasteiger partial charge in [0.15, 0.2) is 5.82 Å². The van der Waals surface area contributed by atoms with E-state index >= 15 is 0 Å². The van der Waals surface area contributed by atoms with Crippen molar-refractivity contribution in [1.29, 1.82) is 0 Å². The summed E-state index contributed by atoms with van der Waals surface area (Å²) >= 11 is 0. The molecule has 6 nitrogen and oxygen atoms in total. The van der Waals surface area contributed by atoms with Crippen molar-refractivity contribution in [1.82, 2.24) is 20.2 Å². The Balaban J connectivity index is 1.49. The molecule has 2 heterocycles. The fourth-order valence-corrected chi connectivity index (χ4v) is 3.37. The van der Waals surface area contributed by atoms with Crippen LogP contribution in [0.5, 0.6) is 0 Å². The van der Waals surface area contributed by atoms with Gasteiger partial charge in [-0.3, -0.25) is 9.89 Å². The van der Waals surface area contributed by atoms with Gasteiger partial charge < -0.3 is 5.32 Å². The van der Waals surface area contributed by atoms with Gasteiger partial charge in [0, 0.05) is 22.2 Å². The van der Waals surface area contributed by atoms with Crippen molar-refractivity contribution in [3.05, 3.63) is 96.8 Å². The lowest BCUT2D eigenvalue weighted by molar-refractivity contribution is 0.102. The molecule has 3 aromatic carbocycles. The van der Waals surface area contributed by atoms with Crippen LogP contribution in [0, 0.1) is 0 Å². The Bertz CT molecular complexity index is 1310. The number of hydrogen-bond acceptors (Lipinski definition) is 4. The number of nitrogens with one attached hydrogen (secondary N) is 2. The fourth-order valence-electron chi connectivity index (χ4n) is 3.37. The zero-order chi connectivity index (χ0) is 20.3. The maximum Gasteiger partial charge on any atom is 0.256 e. The van der Waals surface area contributed by atoms with E-state index in [2.05, 4.69) is 20.5 Å². The number of carbonyl (C=O) groups excluding carboxylic acids is 1. The lowest BCUT2D eigenvalue weighted by Crippen LogP contribution is -2.13. The monoisotopic (exact) mass is 391 g/mol. The van der Waals surface area contributed by atoms with Gasteiger partial charge in [-0.05, 0) is 36.4 Å². The summed E-state index contributed by atoms with van der Waals surface area (Å²) in [6.45, 7) is 0. The summed E-state index contributed by atoms with van der Waals surface area (Å²) in [6, 6.07) is 26.8. The normalized spacial score (nSPS) is 10.8. The first-order valence-corrected chi connectivity index (χ1v) is 9.50. The second kappa shape index (κ2) is 7.60. The summed E-state index contributed by atoms with van der Waals surface area (Å²) in [5.41, 5.74) is 4.69. The van der Waals surface area contributed by atoms with E-state index in [9.17, 15) is 4.79 Å². The summed E-state index contributed by atoms with van der Waals surface area (Å²) in [5, 5.41) is 10.5. The van der Waals surface area contributed by atoms with Crippen LogP contribution in [-0.4, -0.2) is 26.1 Å². The number of aromatic amines is 1. The zero-order valence-electron chi connectivity index (χ0n) is 15.9. The van der Waals surface area contributed by atoms with E-state index in [-0.39, 0.29) is 5.91 Å². The molecule has 0 spiro atoms. The number of aromatic nitrogens is 4. The summed E-state index contributed by atoms with van der Waals surface area (Å²) in [4.78, 5) is 22.0. The first kappa shape index (κ1) is 17.8. The van der Waals surface area contributed by atoms with Crippen molar-refractivity contribution in [2.45, 2.75) is 0 Å². The Labute approximate surface area is 172 Å². The van der Waals surface area contributed by atoms with Gasteiger partial charge in [0.2, 0.25) is 0 Å². The Morgan fingerprint density at radius 1 is 0.833 bits per heavy atom. The number of rotatable bonds is 4. The third-order valence-corrected chi connectivity index (χ3v) is 4.86. The molecule has 1 amide bonds. The first-order valence-electron chi connectivity index (χ1n) is 9.50. The number of H-pyrrole nitrogens is 1. The summed E-state index contributed by atoms with van der Waals surface area (Å²) in [7, 11) is 0. The number of anilines is 1. The van der Waals surface area contributed by atoms with Crippen molar-refractivity contribution >= 4 is 22.5 Å². The Hall–Kier alpha value is -4.32. The Morgan fingerprint density at radius 3 is 2.37 bits per heavy atom.